The number of aryl methyl sites for hydroxylation is 2. The highest BCUT2D eigenvalue weighted by Gasteiger charge is 2.26. The van der Waals surface area contributed by atoms with E-state index in [0.29, 0.717) is 6.04 Å². The molecule has 21 heavy (non-hydrogen) atoms. The predicted molar refractivity (Wildman–Crippen MR) is 85.7 cm³/mol. The van der Waals surface area contributed by atoms with Gasteiger partial charge in [-0.1, -0.05) is 13.0 Å². The van der Waals surface area contributed by atoms with E-state index in [1.807, 2.05) is 6.07 Å². The van der Waals surface area contributed by atoms with Crippen molar-refractivity contribution in [3.05, 3.63) is 34.9 Å². The summed E-state index contributed by atoms with van der Waals surface area (Å²) >= 11 is 0. The van der Waals surface area contributed by atoms with Gasteiger partial charge in [0.2, 0.25) is 0 Å². The third kappa shape index (κ3) is 3.13. The Kier molecular flexibility index (Phi) is 4.59. The van der Waals surface area contributed by atoms with Crippen molar-refractivity contribution in [2.75, 3.05) is 19.6 Å². The van der Waals surface area contributed by atoms with Crippen LogP contribution >= 0.6 is 0 Å². The third-order valence-electron chi connectivity index (χ3n) is 4.78. The fraction of sp³-hybridized carbons (Fsp3) is 0.611. The number of benzene rings is 1. The molecule has 0 spiro atoms. The van der Waals surface area contributed by atoms with Crippen LogP contribution in [0.3, 0.4) is 0 Å². The molecular formula is C18H26N2O. The Hall–Kier alpha value is -1.35. The van der Waals surface area contributed by atoms with Crippen LogP contribution in [0.2, 0.25) is 0 Å². The predicted octanol–water partition coefficient (Wildman–Crippen LogP) is 2.78. The Morgan fingerprint density at radius 2 is 2.14 bits per heavy atom. The average molecular weight is 286 g/mol. The molecule has 1 heterocycles. The molecule has 0 bridgehead atoms. The molecule has 1 saturated heterocycles. The van der Waals surface area contributed by atoms with E-state index in [9.17, 15) is 4.79 Å². The Labute approximate surface area is 127 Å². The summed E-state index contributed by atoms with van der Waals surface area (Å²) in [7, 11) is 0. The van der Waals surface area contributed by atoms with Crippen molar-refractivity contribution in [1.29, 1.82) is 0 Å². The van der Waals surface area contributed by atoms with Gasteiger partial charge >= 0.3 is 0 Å². The molecule has 0 radical (unpaired) electrons. The zero-order valence-electron chi connectivity index (χ0n) is 13.0. The van der Waals surface area contributed by atoms with Gasteiger partial charge in [0, 0.05) is 24.7 Å². The number of amides is 1. The summed E-state index contributed by atoms with van der Waals surface area (Å²) in [5.41, 5.74) is 3.71. The number of carbonyl (C=O) groups is 1. The highest BCUT2D eigenvalue weighted by Crippen LogP contribution is 2.24. The Bertz CT molecular complexity index is 506. The molecule has 0 saturated carbocycles. The van der Waals surface area contributed by atoms with Crippen LogP contribution in [0.15, 0.2) is 18.2 Å². The van der Waals surface area contributed by atoms with Crippen LogP contribution in [0.1, 0.15) is 54.1 Å². The molecule has 1 amide bonds. The van der Waals surface area contributed by atoms with Crippen LogP contribution < -0.4 is 5.32 Å². The number of rotatable bonds is 4. The number of nitrogens with one attached hydrogen (secondary N) is 1. The Balaban J connectivity index is 1.79. The van der Waals surface area contributed by atoms with Crippen LogP contribution in [-0.4, -0.2) is 36.5 Å². The fourth-order valence-corrected chi connectivity index (χ4v) is 3.66. The minimum atomic E-state index is 0.222. The second-order valence-electron chi connectivity index (χ2n) is 6.34. The maximum absolute atomic E-state index is 12.9. The first kappa shape index (κ1) is 14.6. The third-order valence-corrected chi connectivity index (χ3v) is 4.78. The lowest BCUT2D eigenvalue weighted by Crippen LogP contribution is -2.49. The standard InChI is InChI=1S/C18H26N2O/c1-2-11-20(17-7-4-10-19-13-17)18(21)16-9-8-14-5-3-6-15(14)12-16/h8-9,12,17,19H,2-7,10-11,13H2,1H3. The molecule has 114 valence electrons. The van der Waals surface area contributed by atoms with Gasteiger partial charge in [0.05, 0.1) is 0 Å². The van der Waals surface area contributed by atoms with Gasteiger partial charge in [-0.3, -0.25) is 4.79 Å². The fourth-order valence-electron chi connectivity index (χ4n) is 3.66. The maximum atomic E-state index is 12.9. The largest absolute Gasteiger partial charge is 0.334 e. The summed E-state index contributed by atoms with van der Waals surface area (Å²) in [6.07, 6.45) is 6.86. The molecule has 1 N–H and O–H groups in total. The van der Waals surface area contributed by atoms with Gasteiger partial charge in [-0.25, -0.2) is 0 Å². The lowest BCUT2D eigenvalue weighted by atomic mass is 10.0. The normalized spacial score (nSPS) is 21.1. The first-order chi connectivity index (χ1) is 10.3. The van der Waals surface area contributed by atoms with E-state index >= 15 is 0 Å². The molecule has 2 aliphatic rings. The molecule has 3 rings (SSSR count). The SMILES string of the molecule is CCCN(C(=O)c1ccc2c(c1)CCC2)C1CCCNC1. The summed E-state index contributed by atoms with van der Waals surface area (Å²) < 4.78 is 0. The Morgan fingerprint density at radius 3 is 2.90 bits per heavy atom. The number of hydrogen-bond acceptors (Lipinski definition) is 2. The van der Waals surface area contributed by atoms with Gasteiger partial charge in [0.1, 0.15) is 0 Å². The zero-order chi connectivity index (χ0) is 14.7. The van der Waals surface area contributed by atoms with Crippen molar-refractivity contribution in [2.24, 2.45) is 0 Å². The molecule has 1 aromatic carbocycles. The van der Waals surface area contributed by atoms with Crippen LogP contribution in [-0.2, 0) is 12.8 Å². The second kappa shape index (κ2) is 6.61. The first-order valence-corrected chi connectivity index (χ1v) is 8.43. The number of carbonyl (C=O) groups excluding carboxylic acids is 1. The highest BCUT2D eigenvalue weighted by molar-refractivity contribution is 5.94. The van der Waals surface area contributed by atoms with Gasteiger partial charge in [-0.2, -0.15) is 0 Å². The molecule has 1 aliphatic heterocycles. The van der Waals surface area contributed by atoms with E-state index in [-0.39, 0.29) is 5.91 Å². The summed E-state index contributed by atoms with van der Waals surface area (Å²) in [5, 5.41) is 3.43. The van der Waals surface area contributed by atoms with E-state index in [4.69, 9.17) is 0 Å². The molecule has 3 heteroatoms. The molecule has 1 aliphatic carbocycles. The highest BCUT2D eigenvalue weighted by atomic mass is 16.2. The summed E-state index contributed by atoms with van der Waals surface area (Å²) in [5.74, 6) is 0.222. The van der Waals surface area contributed by atoms with E-state index in [2.05, 4.69) is 29.3 Å². The maximum Gasteiger partial charge on any atom is 0.254 e. The van der Waals surface area contributed by atoms with E-state index < -0.39 is 0 Å². The molecule has 1 fully saturated rings. The van der Waals surface area contributed by atoms with Crippen LogP contribution in [0.25, 0.3) is 0 Å². The van der Waals surface area contributed by atoms with Crippen molar-refractivity contribution < 1.29 is 4.79 Å². The zero-order valence-corrected chi connectivity index (χ0v) is 13.0. The van der Waals surface area contributed by atoms with Crippen molar-refractivity contribution in [1.82, 2.24) is 10.2 Å². The van der Waals surface area contributed by atoms with Crippen molar-refractivity contribution in [3.8, 4) is 0 Å². The van der Waals surface area contributed by atoms with E-state index in [0.717, 1.165) is 44.5 Å². The second-order valence-corrected chi connectivity index (χ2v) is 6.34. The lowest BCUT2D eigenvalue weighted by Gasteiger charge is -2.34. The van der Waals surface area contributed by atoms with Crippen molar-refractivity contribution in [3.63, 3.8) is 0 Å². The minimum absolute atomic E-state index is 0.222. The monoisotopic (exact) mass is 286 g/mol. The van der Waals surface area contributed by atoms with Crippen molar-refractivity contribution in [2.45, 2.75) is 51.5 Å². The molecule has 1 aromatic rings. The summed E-state index contributed by atoms with van der Waals surface area (Å²) in [6.45, 7) is 5.04. The van der Waals surface area contributed by atoms with Crippen molar-refractivity contribution >= 4 is 5.91 Å². The molecule has 1 unspecified atom stereocenters. The molecule has 0 aromatic heterocycles. The average Bonchev–Trinajstić information content (AvgIpc) is 3.00. The number of hydrogen-bond donors (Lipinski definition) is 1. The summed E-state index contributed by atoms with van der Waals surface area (Å²) in [6, 6.07) is 6.70. The van der Waals surface area contributed by atoms with Crippen LogP contribution in [0.5, 0.6) is 0 Å². The summed E-state index contributed by atoms with van der Waals surface area (Å²) in [4.78, 5) is 15.0. The molecule has 3 nitrogen and oxygen atoms in total. The number of piperidine rings is 1. The van der Waals surface area contributed by atoms with Crippen LogP contribution in [0, 0.1) is 0 Å². The number of nitrogens with zero attached hydrogens (tertiary/aromatic N) is 1. The minimum Gasteiger partial charge on any atom is -0.334 e. The topological polar surface area (TPSA) is 32.3 Å². The molecular weight excluding hydrogens is 260 g/mol. The first-order valence-electron chi connectivity index (χ1n) is 8.43. The van der Waals surface area contributed by atoms with Gasteiger partial charge in [-0.05, 0) is 68.3 Å². The molecule has 1 atom stereocenters. The van der Waals surface area contributed by atoms with Crippen LogP contribution in [0.4, 0.5) is 0 Å². The number of fused-ring (bicyclic) bond motifs is 1. The van der Waals surface area contributed by atoms with Gasteiger partial charge in [0.25, 0.3) is 5.91 Å². The van der Waals surface area contributed by atoms with Gasteiger partial charge < -0.3 is 10.2 Å². The van der Waals surface area contributed by atoms with E-state index in [1.54, 1.807) is 0 Å². The van der Waals surface area contributed by atoms with E-state index in [1.165, 1.54) is 30.4 Å². The van der Waals surface area contributed by atoms with Gasteiger partial charge in [0.15, 0.2) is 0 Å². The quantitative estimate of drug-likeness (QED) is 0.923. The van der Waals surface area contributed by atoms with Gasteiger partial charge in [-0.15, -0.1) is 0 Å². The lowest BCUT2D eigenvalue weighted by molar-refractivity contribution is 0.0649. The smallest absolute Gasteiger partial charge is 0.254 e. The Morgan fingerprint density at radius 1 is 1.29 bits per heavy atom.